The van der Waals surface area contributed by atoms with Crippen molar-refractivity contribution in [2.45, 2.75) is 77.0 Å². The summed E-state index contributed by atoms with van der Waals surface area (Å²) in [5.41, 5.74) is 0.610. The van der Waals surface area contributed by atoms with Crippen LogP contribution in [0.4, 0.5) is 5.69 Å². The average Bonchev–Trinajstić information content (AvgIpc) is 2.77. The van der Waals surface area contributed by atoms with Gasteiger partial charge < -0.3 is 10.0 Å². The highest BCUT2D eigenvalue weighted by Crippen LogP contribution is 2.78. The lowest BCUT2D eigenvalue weighted by Gasteiger charge is -2.73. The van der Waals surface area contributed by atoms with Gasteiger partial charge in [-0.3, -0.25) is 9.59 Å². The maximum absolute atomic E-state index is 14.2. The molecule has 4 unspecified atom stereocenters. The van der Waals surface area contributed by atoms with Crippen molar-refractivity contribution in [3.63, 3.8) is 0 Å². The Bertz CT molecular complexity index is 987. The Morgan fingerprint density at radius 1 is 0.758 bits per heavy atom. The van der Waals surface area contributed by atoms with Gasteiger partial charge in [0.05, 0.1) is 10.8 Å². The zero-order valence-electron chi connectivity index (χ0n) is 19.9. The first-order valence-electron chi connectivity index (χ1n) is 13.3. The average molecular weight is 448 g/mol. The van der Waals surface area contributed by atoms with E-state index >= 15 is 0 Å². The highest BCUT2D eigenvalue weighted by atomic mass is 16.4. The summed E-state index contributed by atoms with van der Waals surface area (Å²) in [5.74, 6) is 2.27. The zero-order chi connectivity index (χ0) is 22.6. The van der Waals surface area contributed by atoms with Crippen molar-refractivity contribution in [3.8, 4) is 0 Å². The number of carbonyl (C=O) groups excluding carboxylic acids is 1. The van der Waals surface area contributed by atoms with E-state index in [9.17, 15) is 14.7 Å². The van der Waals surface area contributed by atoms with Crippen molar-refractivity contribution in [2.24, 2.45) is 45.3 Å². The van der Waals surface area contributed by atoms with Crippen LogP contribution in [0.25, 0.3) is 0 Å². The fourth-order valence-corrected chi connectivity index (χ4v) is 11.4. The third-order valence-corrected chi connectivity index (χ3v) is 11.6. The van der Waals surface area contributed by atoms with Crippen molar-refractivity contribution in [1.29, 1.82) is 0 Å². The molecule has 0 aromatic heterocycles. The minimum Gasteiger partial charge on any atom is -0.481 e. The fourth-order valence-electron chi connectivity index (χ4n) is 11.4. The minimum absolute atomic E-state index is 0.157. The van der Waals surface area contributed by atoms with Crippen LogP contribution in [0.15, 0.2) is 30.3 Å². The van der Waals surface area contributed by atoms with Gasteiger partial charge in [-0.1, -0.05) is 18.2 Å². The van der Waals surface area contributed by atoms with Crippen LogP contribution in [0.5, 0.6) is 0 Å². The quantitative estimate of drug-likeness (QED) is 0.624. The van der Waals surface area contributed by atoms with E-state index in [1.54, 1.807) is 0 Å². The fraction of sp³-hybridized carbons (Fsp3) is 0.724. The van der Waals surface area contributed by atoms with Gasteiger partial charge >= 0.3 is 5.97 Å². The Morgan fingerprint density at radius 3 is 1.70 bits per heavy atom. The minimum atomic E-state index is -0.527. The van der Waals surface area contributed by atoms with Crippen LogP contribution in [-0.4, -0.2) is 24.0 Å². The van der Waals surface area contributed by atoms with Crippen molar-refractivity contribution in [1.82, 2.24) is 0 Å². The SMILES string of the molecule is CN(C(=O)C12CC3CC(C1)CC(C14CC5CC(CC(C(=O)O)(C5)C1)C4)(C3)C2)c1ccccc1. The molecule has 0 spiro atoms. The molecule has 0 heterocycles. The molecule has 4 atom stereocenters. The summed E-state index contributed by atoms with van der Waals surface area (Å²) in [6.45, 7) is 0. The number of carboxylic acids is 1. The molecule has 1 N–H and O–H groups in total. The highest BCUT2D eigenvalue weighted by molar-refractivity contribution is 5.97. The standard InChI is InChI=1S/C29H37NO3/c1-30(23-5-3-2-4-6-23)24(31)26-9-19-7-20(10-26)14-28(13-19,17-26)29-15-21-8-22(16-29)12-27(11-21,18-29)25(32)33/h2-6,19-22H,7-18H2,1H3,(H,32,33). The summed E-state index contributed by atoms with van der Waals surface area (Å²) >= 11 is 0. The van der Waals surface area contributed by atoms with Gasteiger partial charge in [-0.15, -0.1) is 0 Å². The van der Waals surface area contributed by atoms with Crippen molar-refractivity contribution < 1.29 is 14.7 Å². The summed E-state index contributed by atoms with van der Waals surface area (Å²) in [6, 6.07) is 10.1. The van der Waals surface area contributed by atoms with Gasteiger partial charge in [0, 0.05) is 12.7 Å². The number of carbonyl (C=O) groups is 2. The number of rotatable bonds is 4. The molecule has 8 bridgehead atoms. The van der Waals surface area contributed by atoms with Crippen LogP contribution in [0.1, 0.15) is 77.0 Å². The van der Waals surface area contributed by atoms with Gasteiger partial charge in [0.2, 0.25) is 5.91 Å². The number of carboxylic acid groups (broad SMARTS) is 1. The lowest BCUT2D eigenvalue weighted by molar-refractivity contribution is -0.238. The first-order chi connectivity index (χ1) is 15.8. The first-order valence-corrected chi connectivity index (χ1v) is 13.3. The van der Waals surface area contributed by atoms with E-state index in [1.165, 1.54) is 38.5 Å². The van der Waals surface area contributed by atoms with Crippen molar-refractivity contribution in [2.75, 3.05) is 11.9 Å². The first kappa shape index (κ1) is 20.5. The molecule has 8 aliphatic carbocycles. The predicted octanol–water partition coefficient (Wildman–Crippen LogP) is 5.91. The van der Waals surface area contributed by atoms with Crippen LogP contribution in [0, 0.1) is 45.3 Å². The van der Waals surface area contributed by atoms with Gasteiger partial charge in [0.25, 0.3) is 0 Å². The molecular formula is C29H37NO3. The zero-order valence-corrected chi connectivity index (χ0v) is 19.9. The molecule has 0 saturated heterocycles. The molecule has 33 heavy (non-hydrogen) atoms. The number of amides is 1. The number of benzene rings is 1. The molecule has 8 saturated carbocycles. The van der Waals surface area contributed by atoms with Crippen LogP contribution in [0.2, 0.25) is 0 Å². The number of nitrogens with zero attached hydrogens (tertiary/aromatic N) is 1. The molecule has 1 aromatic carbocycles. The molecule has 4 nitrogen and oxygen atoms in total. The maximum atomic E-state index is 14.2. The molecule has 1 aromatic rings. The summed E-state index contributed by atoms with van der Waals surface area (Å²) in [7, 11) is 1.97. The lowest BCUT2D eigenvalue weighted by atomic mass is 9.31. The third kappa shape index (κ3) is 2.64. The Balaban J connectivity index is 1.28. The van der Waals surface area contributed by atoms with Crippen LogP contribution in [-0.2, 0) is 9.59 Å². The molecule has 8 aliphatic rings. The largest absolute Gasteiger partial charge is 0.481 e. The molecule has 176 valence electrons. The van der Waals surface area contributed by atoms with Crippen LogP contribution in [0.3, 0.4) is 0 Å². The topological polar surface area (TPSA) is 57.6 Å². The molecule has 0 radical (unpaired) electrons. The van der Waals surface area contributed by atoms with Gasteiger partial charge in [-0.05, 0) is 124 Å². The number of aliphatic carboxylic acids is 1. The highest BCUT2D eigenvalue weighted by Gasteiger charge is 2.72. The van der Waals surface area contributed by atoms with Crippen LogP contribution < -0.4 is 4.90 Å². The van der Waals surface area contributed by atoms with Gasteiger partial charge in [-0.2, -0.15) is 0 Å². The third-order valence-electron chi connectivity index (χ3n) is 11.6. The van der Waals surface area contributed by atoms with Crippen molar-refractivity contribution >= 4 is 17.6 Å². The Kier molecular flexibility index (Phi) is 4.00. The summed E-state index contributed by atoms with van der Waals surface area (Å²) in [5, 5.41) is 10.4. The van der Waals surface area contributed by atoms with Gasteiger partial charge in [-0.25, -0.2) is 0 Å². The lowest BCUT2D eigenvalue weighted by Crippen LogP contribution is -2.67. The predicted molar refractivity (Wildman–Crippen MR) is 127 cm³/mol. The molecule has 4 heteroatoms. The van der Waals surface area contributed by atoms with E-state index < -0.39 is 11.4 Å². The molecule has 1 amide bonds. The number of para-hydroxylation sites is 1. The van der Waals surface area contributed by atoms with Gasteiger partial charge in [0.15, 0.2) is 0 Å². The Labute approximate surface area is 197 Å². The maximum Gasteiger partial charge on any atom is 0.309 e. The van der Waals surface area contributed by atoms with E-state index in [2.05, 4.69) is 0 Å². The number of hydrogen-bond donors (Lipinski definition) is 1. The van der Waals surface area contributed by atoms with E-state index in [0.717, 1.165) is 44.2 Å². The number of hydrogen-bond acceptors (Lipinski definition) is 2. The molecular weight excluding hydrogens is 410 g/mol. The van der Waals surface area contributed by atoms with Gasteiger partial charge in [0.1, 0.15) is 0 Å². The smallest absolute Gasteiger partial charge is 0.309 e. The molecule has 8 fully saturated rings. The summed E-state index contributed by atoms with van der Waals surface area (Å²) < 4.78 is 0. The Morgan fingerprint density at radius 2 is 1.21 bits per heavy atom. The van der Waals surface area contributed by atoms with E-state index in [4.69, 9.17) is 0 Å². The second-order valence-corrected chi connectivity index (χ2v) is 13.5. The monoisotopic (exact) mass is 447 g/mol. The van der Waals surface area contributed by atoms with Crippen molar-refractivity contribution in [3.05, 3.63) is 30.3 Å². The molecule has 0 aliphatic heterocycles. The normalized spacial score (nSPS) is 48.8. The van der Waals surface area contributed by atoms with Crippen LogP contribution >= 0.6 is 0 Å². The Hall–Kier alpha value is -1.84. The second kappa shape index (κ2) is 6.43. The summed E-state index contributed by atoms with van der Waals surface area (Å²) in [6.07, 6.45) is 13.3. The number of anilines is 1. The summed E-state index contributed by atoms with van der Waals surface area (Å²) in [4.78, 5) is 28.7. The van der Waals surface area contributed by atoms with E-state index in [1.807, 2.05) is 42.3 Å². The second-order valence-electron chi connectivity index (χ2n) is 13.5. The molecule has 9 rings (SSSR count). The van der Waals surface area contributed by atoms with E-state index in [0.29, 0.717) is 29.6 Å². The van der Waals surface area contributed by atoms with E-state index in [-0.39, 0.29) is 16.2 Å².